The third-order valence-electron chi connectivity index (χ3n) is 3.30. The van der Waals surface area contributed by atoms with Gasteiger partial charge in [-0.2, -0.15) is 0 Å². The molecule has 0 atom stereocenters. The number of hydrogen-bond acceptors (Lipinski definition) is 4. The number of pyridine rings is 1. The predicted octanol–water partition coefficient (Wildman–Crippen LogP) is 4.94. The van der Waals surface area contributed by atoms with Crippen LogP contribution in [-0.4, -0.2) is 16.5 Å². The van der Waals surface area contributed by atoms with Crippen molar-refractivity contribution in [3.05, 3.63) is 51.1 Å². The first-order chi connectivity index (χ1) is 12.0. The highest BCUT2D eigenvalue weighted by molar-refractivity contribution is 9.10. The number of anilines is 2. The molecule has 0 saturated carbocycles. The first-order valence-electron chi connectivity index (χ1n) is 7.85. The van der Waals surface area contributed by atoms with E-state index in [2.05, 4.69) is 31.7 Å². The van der Waals surface area contributed by atoms with E-state index in [4.69, 9.17) is 4.84 Å². The molecule has 1 heterocycles. The predicted molar refractivity (Wildman–Crippen MR) is 99.4 cm³/mol. The fraction of sp³-hybridized carbons (Fsp3) is 0.333. The Morgan fingerprint density at radius 3 is 2.42 bits per heavy atom. The van der Waals surface area contributed by atoms with Crippen LogP contribution in [-0.2, 0) is 4.84 Å². The van der Waals surface area contributed by atoms with Gasteiger partial charge in [0, 0.05) is 6.20 Å². The molecule has 8 heteroatoms. The van der Waals surface area contributed by atoms with E-state index in [1.54, 1.807) is 33.0 Å². The van der Waals surface area contributed by atoms with E-state index < -0.39 is 23.1 Å². The quantitative estimate of drug-likeness (QED) is 0.678. The van der Waals surface area contributed by atoms with Crippen LogP contribution in [0.5, 0.6) is 0 Å². The topological polar surface area (TPSA) is 63.2 Å². The molecule has 0 saturated heterocycles. The molecule has 2 rings (SSSR count). The zero-order valence-electron chi connectivity index (χ0n) is 15.1. The summed E-state index contributed by atoms with van der Waals surface area (Å²) in [5.74, 6) is -2.65. The summed E-state index contributed by atoms with van der Waals surface area (Å²) in [6.07, 6.45) is 1.57. The number of hydroxylamine groups is 1. The highest BCUT2D eigenvalue weighted by Crippen LogP contribution is 2.31. The van der Waals surface area contributed by atoms with Crippen LogP contribution in [0.3, 0.4) is 0 Å². The third kappa shape index (κ3) is 4.76. The first kappa shape index (κ1) is 20.3. The molecule has 0 aliphatic heterocycles. The maximum absolute atomic E-state index is 14.6. The number of aromatic nitrogens is 1. The molecule has 5 nitrogen and oxygen atoms in total. The summed E-state index contributed by atoms with van der Waals surface area (Å²) in [6, 6.07) is 3.02. The Hall–Kier alpha value is -2.06. The van der Waals surface area contributed by atoms with Crippen LogP contribution >= 0.6 is 15.9 Å². The summed E-state index contributed by atoms with van der Waals surface area (Å²) in [6.45, 7) is 8.46. The zero-order valence-corrected chi connectivity index (χ0v) is 16.7. The van der Waals surface area contributed by atoms with Crippen LogP contribution in [0.15, 0.2) is 22.8 Å². The maximum atomic E-state index is 14.6. The van der Waals surface area contributed by atoms with Gasteiger partial charge in [0.15, 0.2) is 11.6 Å². The molecule has 140 valence electrons. The van der Waals surface area contributed by atoms with Crippen molar-refractivity contribution in [1.29, 1.82) is 0 Å². The summed E-state index contributed by atoms with van der Waals surface area (Å²) >= 11 is 3.31. The van der Waals surface area contributed by atoms with Crippen molar-refractivity contribution in [2.75, 3.05) is 5.32 Å². The molecular formula is C18H20BrF2N3O2. The average Bonchev–Trinajstić information content (AvgIpc) is 2.54. The molecule has 1 aromatic carbocycles. The van der Waals surface area contributed by atoms with Crippen molar-refractivity contribution in [3.63, 3.8) is 0 Å². The number of halogens is 3. The van der Waals surface area contributed by atoms with E-state index in [1.165, 1.54) is 13.0 Å². The van der Waals surface area contributed by atoms with Crippen molar-refractivity contribution in [1.82, 2.24) is 10.5 Å². The molecule has 0 radical (unpaired) electrons. The molecule has 0 fully saturated rings. The summed E-state index contributed by atoms with van der Waals surface area (Å²) < 4.78 is 29.2. The van der Waals surface area contributed by atoms with E-state index in [9.17, 15) is 13.6 Å². The number of nitrogens with zero attached hydrogens (tertiary/aromatic N) is 1. The van der Waals surface area contributed by atoms with Gasteiger partial charge in [-0.05, 0) is 73.8 Å². The zero-order chi connectivity index (χ0) is 19.6. The van der Waals surface area contributed by atoms with Crippen LogP contribution in [0, 0.1) is 25.5 Å². The number of carbonyl (C=O) groups excluding carboxylic acids is 1. The Morgan fingerprint density at radius 1 is 1.19 bits per heavy atom. The van der Waals surface area contributed by atoms with Crippen molar-refractivity contribution in [3.8, 4) is 0 Å². The van der Waals surface area contributed by atoms with Crippen LogP contribution in [0.25, 0.3) is 0 Å². The summed E-state index contributed by atoms with van der Waals surface area (Å²) in [5, 5.41) is 2.69. The molecule has 0 spiro atoms. The van der Waals surface area contributed by atoms with Gasteiger partial charge in [0.05, 0.1) is 21.3 Å². The van der Waals surface area contributed by atoms with Gasteiger partial charge in [-0.25, -0.2) is 19.2 Å². The Bertz CT molecular complexity index is 851. The fourth-order valence-corrected chi connectivity index (χ4v) is 2.62. The lowest BCUT2D eigenvalue weighted by atomic mass is 10.1. The van der Waals surface area contributed by atoms with E-state index in [0.29, 0.717) is 4.47 Å². The van der Waals surface area contributed by atoms with Gasteiger partial charge in [0.1, 0.15) is 5.82 Å². The highest BCUT2D eigenvalue weighted by atomic mass is 79.9. The summed E-state index contributed by atoms with van der Waals surface area (Å²) in [4.78, 5) is 21.8. The van der Waals surface area contributed by atoms with Crippen molar-refractivity contribution >= 4 is 33.3 Å². The largest absolute Gasteiger partial charge is 0.336 e. The molecule has 2 N–H and O–H groups in total. The molecule has 0 bridgehead atoms. The van der Waals surface area contributed by atoms with Crippen molar-refractivity contribution < 1.29 is 18.4 Å². The Balaban J connectivity index is 2.46. The van der Waals surface area contributed by atoms with E-state index in [-0.39, 0.29) is 22.6 Å². The average molecular weight is 428 g/mol. The Kier molecular flexibility index (Phi) is 5.98. The molecule has 0 aliphatic carbocycles. The molecule has 0 aliphatic rings. The molecular weight excluding hydrogens is 408 g/mol. The molecule has 2 aromatic rings. The number of rotatable bonds is 4. The van der Waals surface area contributed by atoms with Gasteiger partial charge in [0.25, 0.3) is 5.91 Å². The molecule has 26 heavy (non-hydrogen) atoms. The minimum atomic E-state index is -1.17. The maximum Gasteiger partial charge on any atom is 0.277 e. The number of carbonyl (C=O) groups is 1. The second-order valence-corrected chi connectivity index (χ2v) is 7.71. The van der Waals surface area contributed by atoms with Crippen LogP contribution in [0.2, 0.25) is 0 Å². The minimum absolute atomic E-state index is 0.00453. The summed E-state index contributed by atoms with van der Waals surface area (Å²) in [7, 11) is 0. The first-order valence-corrected chi connectivity index (χ1v) is 8.65. The molecule has 1 amide bonds. The Labute approximate surface area is 159 Å². The van der Waals surface area contributed by atoms with E-state index in [1.807, 2.05) is 6.92 Å². The van der Waals surface area contributed by atoms with Gasteiger partial charge in [-0.1, -0.05) is 0 Å². The van der Waals surface area contributed by atoms with Crippen LogP contribution in [0.1, 0.15) is 42.3 Å². The lowest BCUT2D eigenvalue weighted by molar-refractivity contribution is -0.0589. The highest BCUT2D eigenvalue weighted by Gasteiger charge is 2.23. The molecule has 0 unspecified atom stereocenters. The van der Waals surface area contributed by atoms with Gasteiger partial charge in [-0.15, -0.1) is 0 Å². The van der Waals surface area contributed by atoms with Gasteiger partial charge >= 0.3 is 0 Å². The van der Waals surface area contributed by atoms with Crippen molar-refractivity contribution in [2.45, 2.75) is 40.2 Å². The van der Waals surface area contributed by atoms with E-state index >= 15 is 0 Å². The Morgan fingerprint density at radius 2 is 1.85 bits per heavy atom. The minimum Gasteiger partial charge on any atom is -0.336 e. The number of aryl methyl sites for hydroxylation is 2. The number of amides is 1. The normalized spacial score (nSPS) is 11.4. The van der Waals surface area contributed by atoms with Crippen LogP contribution in [0.4, 0.5) is 20.3 Å². The summed E-state index contributed by atoms with van der Waals surface area (Å²) in [5.41, 5.74) is 2.09. The molecule has 1 aromatic heterocycles. The van der Waals surface area contributed by atoms with E-state index in [0.717, 1.165) is 5.56 Å². The second kappa shape index (κ2) is 7.67. The SMILES string of the molecule is Cc1cnc(Nc2c(C(=O)NOC(C)(C)C)cc(C)c(F)c2F)c(Br)c1. The van der Waals surface area contributed by atoms with Crippen molar-refractivity contribution in [2.24, 2.45) is 0 Å². The number of nitrogens with one attached hydrogen (secondary N) is 2. The van der Waals surface area contributed by atoms with Crippen LogP contribution < -0.4 is 10.8 Å². The smallest absolute Gasteiger partial charge is 0.277 e. The number of hydrogen-bond donors (Lipinski definition) is 2. The monoisotopic (exact) mass is 427 g/mol. The number of benzene rings is 1. The lowest BCUT2D eigenvalue weighted by Crippen LogP contribution is -2.34. The van der Waals surface area contributed by atoms with Gasteiger partial charge in [0.2, 0.25) is 0 Å². The van der Waals surface area contributed by atoms with Gasteiger partial charge < -0.3 is 5.32 Å². The van der Waals surface area contributed by atoms with Gasteiger partial charge in [-0.3, -0.25) is 9.63 Å². The standard InChI is InChI=1S/C18H20BrF2N3O2/c1-9-6-12(19)16(22-8-9)23-15-11(7-10(2)13(20)14(15)21)17(25)24-26-18(3,4)5/h6-8H,1-5H3,(H,22,23)(H,24,25). The lowest BCUT2D eigenvalue weighted by Gasteiger charge is -2.20. The third-order valence-corrected chi connectivity index (χ3v) is 3.91. The second-order valence-electron chi connectivity index (χ2n) is 6.86. The fourth-order valence-electron chi connectivity index (χ4n) is 2.05.